The average molecular weight is 458 g/mol. The van der Waals surface area contributed by atoms with Crippen molar-refractivity contribution in [2.24, 2.45) is 0 Å². The van der Waals surface area contributed by atoms with E-state index in [1.54, 1.807) is 0 Å². The molecule has 2 aromatic carbocycles. The highest BCUT2D eigenvalue weighted by atomic mass is 79.9. The summed E-state index contributed by atoms with van der Waals surface area (Å²) in [5, 5.41) is 5.99. The minimum Gasteiger partial charge on any atom is -0.326 e. The highest BCUT2D eigenvalue weighted by molar-refractivity contribution is 9.10. The van der Waals surface area contributed by atoms with Crippen LogP contribution in [0.15, 0.2) is 40.9 Å². The normalized spacial score (nSPS) is 13.4. The molecule has 0 spiro atoms. The first-order valence-corrected chi connectivity index (χ1v) is 10.8. The second kappa shape index (κ2) is 9.55. The number of anilines is 2. The van der Waals surface area contributed by atoms with E-state index >= 15 is 0 Å². The fourth-order valence-electron chi connectivity index (χ4n) is 3.30. The van der Waals surface area contributed by atoms with Gasteiger partial charge in [0.05, 0.1) is 6.54 Å². The third-order valence-electron chi connectivity index (χ3n) is 5.17. The number of nitrogens with zero attached hydrogens (tertiary/aromatic N) is 1. The lowest BCUT2D eigenvalue weighted by molar-refractivity contribution is -0.119. The van der Waals surface area contributed by atoms with Crippen LogP contribution in [0.2, 0.25) is 0 Å². The minimum absolute atomic E-state index is 0.0315. The molecule has 154 valence electrons. The first kappa shape index (κ1) is 21.5. The van der Waals surface area contributed by atoms with E-state index in [-0.39, 0.29) is 11.8 Å². The second-order valence-corrected chi connectivity index (χ2v) is 8.74. The van der Waals surface area contributed by atoms with E-state index < -0.39 is 0 Å². The van der Waals surface area contributed by atoms with Crippen molar-refractivity contribution in [2.75, 3.05) is 23.7 Å². The lowest BCUT2D eigenvalue weighted by Gasteiger charge is -2.21. The van der Waals surface area contributed by atoms with Crippen LogP contribution in [0.4, 0.5) is 11.4 Å². The number of benzene rings is 2. The average Bonchev–Trinajstić information content (AvgIpc) is 3.49. The Morgan fingerprint density at radius 3 is 2.38 bits per heavy atom. The van der Waals surface area contributed by atoms with Gasteiger partial charge in [0.25, 0.3) is 0 Å². The Bertz CT molecular complexity index is 909. The van der Waals surface area contributed by atoms with Gasteiger partial charge in [0.2, 0.25) is 11.8 Å². The maximum absolute atomic E-state index is 12.6. The van der Waals surface area contributed by atoms with Gasteiger partial charge in [-0.2, -0.15) is 0 Å². The largest absolute Gasteiger partial charge is 0.326 e. The van der Waals surface area contributed by atoms with Crippen molar-refractivity contribution in [2.45, 2.75) is 46.1 Å². The zero-order valence-electron chi connectivity index (χ0n) is 17.2. The molecule has 0 heterocycles. The smallest absolute Gasteiger partial charge is 0.238 e. The van der Waals surface area contributed by atoms with Crippen LogP contribution in [0, 0.1) is 20.8 Å². The molecule has 0 bridgehead atoms. The van der Waals surface area contributed by atoms with Gasteiger partial charge < -0.3 is 10.6 Å². The van der Waals surface area contributed by atoms with Crippen molar-refractivity contribution in [1.82, 2.24) is 4.90 Å². The molecule has 0 aliphatic heterocycles. The molecular formula is C23H28BrN3O2. The third-order valence-corrected chi connectivity index (χ3v) is 5.66. The maximum atomic E-state index is 12.6. The summed E-state index contributed by atoms with van der Waals surface area (Å²) >= 11 is 3.43. The van der Waals surface area contributed by atoms with E-state index in [0.29, 0.717) is 25.6 Å². The Morgan fingerprint density at radius 1 is 0.966 bits per heavy atom. The fraction of sp³-hybridized carbons (Fsp3) is 0.391. The standard InChI is InChI=1S/C23H28BrN3O2/c1-15-4-5-16(2)21(12-15)26-23(29)14-27(19-7-8-19)11-10-22(28)25-20-9-6-18(24)13-17(20)3/h4-6,9,12-13,19H,7-8,10-11,14H2,1-3H3,(H,25,28)(H,26,29). The van der Waals surface area contributed by atoms with Crippen LogP contribution in [0.3, 0.4) is 0 Å². The topological polar surface area (TPSA) is 61.4 Å². The van der Waals surface area contributed by atoms with Gasteiger partial charge in [-0.05, 0) is 74.6 Å². The number of halogens is 1. The highest BCUT2D eigenvalue weighted by Crippen LogP contribution is 2.27. The molecule has 0 atom stereocenters. The van der Waals surface area contributed by atoms with E-state index in [4.69, 9.17) is 0 Å². The number of amides is 2. The van der Waals surface area contributed by atoms with Crippen molar-refractivity contribution in [3.63, 3.8) is 0 Å². The predicted octanol–water partition coefficient (Wildman–Crippen LogP) is 4.81. The van der Waals surface area contributed by atoms with Gasteiger partial charge in [-0.15, -0.1) is 0 Å². The van der Waals surface area contributed by atoms with Gasteiger partial charge in [-0.1, -0.05) is 28.1 Å². The lowest BCUT2D eigenvalue weighted by Crippen LogP contribution is -2.37. The third kappa shape index (κ3) is 6.41. The van der Waals surface area contributed by atoms with Gasteiger partial charge in [-0.3, -0.25) is 14.5 Å². The quantitative estimate of drug-likeness (QED) is 0.597. The molecule has 2 N–H and O–H groups in total. The number of carbonyl (C=O) groups is 2. The van der Waals surface area contributed by atoms with Crippen molar-refractivity contribution in [3.8, 4) is 0 Å². The summed E-state index contributed by atoms with van der Waals surface area (Å²) < 4.78 is 0.989. The Kier molecular flexibility index (Phi) is 7.09. The number of rotatable bonds is 8. The molecule has 2 amide bonds. The van der Waals surface area contributed by atoms with E-state index in [1.165, 1.54) is 0 Å². The minimum atomic E-state index is -0.0326. The molecule has 0 aromatic heterocycles. The molecule has 29 heavy (non-hydrogen) atoms. The molecule has 3 rings (SSSR count). The van der Waals surface area contributed by atoms with Crippen molar-refractivity contribution >= 4 is 39.1 Å². The van der Waals surface area contributed by atoms with E-state index in [1.807, 2.05) is 57.2 Å². The second-order valence-electron chi connectivity index (χ2n) is 7.83. The van der Waals surface area contributed by atoms with Crippen molar-refractivity contribution in [3.05, 3.63) is 57.6 Å². The lowest BCUT2D eigenvalue weighted by atomic mass is 10.1. The first-order chi connectivity index (χ1) is 13.8. The van der Waals surface area contributed by atoms with Gasteiger partial charge in [0.1, 0.15) is 0 Å². The summed E-state index contributed by atoms with van der Waals surface area (Å²) in [6.07, 6.45) is 2.54. The van der Waals surface area contributed by atoms with Gasteiger partial charge in [0, 0.05) is 34.9 Å². The highest BCUT2D eigenvalue weighted by Gasteiger charge is 2.30. The molecule has 1 saturated carbocycles. The molecule has 1 fully saturated rings. The molecule has 6 heteroatoms. The van der Waals surface area contributed by atoms with E-state index in [0.717, 1.165) is 45.4 Å². The Labute approximate surface area is 181 Å². The zero-order chi connectivity index (χ0) is 21.0. The molecule has 5 nitrogen and oxygen atoms in total. The molecule has 0 saturated heterocycles. The summed E-state index contributed by atoms with van der Waals surface area (Å²) in [6, 6.07) is 12.2. The molecule has 1 aliphatic rings. The SMILES string of the molecule is Cc1ccc(C)c(NC(=O)CN(CCC(=O)Nc2ccc(Br)cc2C)C2CC2)c1. The maximum Gasteiger partial charge on any atom is 0.238 e. The summed E-state index contributed by atoms with van der Waals surface area (Å²) in [6.45, 7) is 6.85. The predicted molar refractivity (Wildman–Crippen MR) is 121 cm³/mol. The Hall–Kier alpha value is -2.18. The molecule has 0 unspecified atom stereocenters. The van der Waals surface area contributed by atoms with E-state index in [2.05, 4.69) is 31.5 Å². The van der Waals surface area contributed by atoms with Crippen molar-refractivity contribution < 1.29 is 9.59 Å². The molecule has 1 aliphatic carbocycles. The number of nitrogens with one attached hydrogen (secondary N) is 2. The number of hydrogen-bond acceptors (Lipinski definition) is 3. The summed E-state index contributed by atoms with van der Waals surface area (Å²) in [5.41, 5.74) is 4.86. The summed E-state index contributed by atoms with van der Waals surface area (Å²) in [4.78, 5) is 27.1. The van der Waals surface area contributed by atoms with Crippen LogP contribution in [-0.4, -0.2) is 35.8 Å². The van der Waals surface area contributed by atoms with Gasteiger partial charge in [0.15, 0.2) is 0 Å². The zero-order valence-corrected chi connectivity index (χ0v) is 18.8. The van der Waals surface area contributed by atoms with Crippen LogP contribution in [0.5, 0.6) is 0 Å². The fourth-order valence-corrected chi connectivity index (χ4v) is 3.78. The monoisotopic (exact) mass is 457 g/mol. The van der Waals surface area contributed by atoms with Crippen LogP contribution >= 0.6 is 15.9 Å². The van der Waals surface area contributed by atoms with Crippen molar-refractivity contribution in [1.29, 1.82) is 0 Å². The Morgan fingerprint density at radius 2 is 1.69 bits per heavy atom. The molecule has 0 radical (unpaired) electrons. The van der Waals surface area contributed by atoms with Gasteiger partial charge in [-0.25, -0.2) is 0 Å². The van der Waals surface area contributed by atoms with Crippen LogP contribution in [0.1, 0.15) is 36.0 Å². The first-order valence-electron chi connectivity index (χ1n) is 9.99. The summed E-state index contributed by atoms with van der Waals surface area (Å²) in [5.74, 6) is -0.0641. The van der Waals surface area contributed by atoms with Gasteiger partial charge >= 0.3 is 0 Å². The number of carbonyl (C=O) groups excluding carboxylic acids is 2. The van der Waals surface area contributed by atoms with E-state index in [9.17, 15) is 9.59 Å². The van der Waals surface area contributed by atoms with Crippen LogP contribution < -0.4 is 10.6 Å². The Balaban J connectivity index is 1.53. The van der Waals surface area contributed by atoms with Crippen LogP contribution in [-0.2, 0) is 9.59 Å². The number of aryl methyl sites for hydroxylation is 3. The summed E-state index contributed by atoms with van der Waals surface area (Å²) in [7, 11) is 0. The molecule has 2 aromatic rings. The number of hydrogen-bond donors (Lipinski definition) is 2. The molecular weight excluding hydrogens is 430 g/mol. The van der Waals surface area contributed by atoms with Crippen LogP contribution in [0.25, 0.3) is 0 Å².